The number of rotatable bonds is 5. The molecule has 2 heterocycles. The smallest absolute Gasteiger partial charge is 0.228 e. The highest BCUT2D eigenvalue weighted by molar-refractivity contribution is 5.47. The lowest BCUT2D eigenvalue weighted by Crippen LogP contribution is -2.24. The molecule has 2 aromatic rings. The molecule has 2 aromatic heterocycles. The zero-order chi connectivity index (χ0) is 12.3. The lowest BCUT2D eigenvalue weighted by Gasteiger charge is -2.10. The van der Waals surface area contributed by atoms with Crippen molar-refractivity contribution in [2.45, 2.75) is 32.7 Å². The van der Waals surface area contributed by atoms with E-state index in [-0.39, 0.29) is 6.04 Å². The zero-order valence-corrected chi connectivity index (χ0v) is 10.2. The van der Waals surface area contributed by atoms with Crippen molar-refractivity contribution >= 4 is 0 Å². The van der Waals surface area contributed by atoms with Gasteiger partial charge in [0.25, 0.3) is 0 Å². The van der Waals surface area contributed by atoms with Crippen LogP contribution in [0.15, 0.2) is 22.9 Å². The van der Waals surface area contributed by atoms with Crippen LogP contribution in [0.1, 0.15) is 26.2 Å². The molecule has 0 amide bonds. The van der Waals surface area contributed by atoms with E-state index >= 15 is 0 Å². The van der Waals surface area contributed by atoms with Crippen molar-refractivity contribution in [2.24, 2.45) is 11.7 Å². The van der Waals surface area contributed by atoms with E-state index in [2.05, 4.69) is 29.0 Å². The van der Waals surface area contributed by atoms with Crippen LogP contribution in [0.25, 0.3) is 11.5 Å². The van der Waals surface area contributed by atoms with Crippen LogP contribution in [0.5, 0.6) is 0 Å². The standard InChI is InChI=1S/C12H18N4O/c1-8(2)6-9(13)7-11-15-12(16-17-11)10-4-3-5-14-10/h3-5,8-9,14H,6-7,13H2,1-2H3. The summed E-state index contributed by atoms with van der Waals surface area (Å²) in [5.74, 6) is 1.76. The predicted octanol–water partition coefficient (Wildman–Crippen LogP) is 1.98. The largest absolute Gasteiger partial charge is 0.359 e. The Bertz CT molecular complexity index is 447. The summed E-state index contributed by atoms with van der Waals surface area (Å²) in [4.78, 5) is 7.35. The van der Waals surface area contributed by atoms with Gasteiger partial charge in [0.1, 0.15) is 0 Å². The molecular formula is C12H18N4O. The lowest BCUT2D eigenvalue weighted by molar-refractivity contribution is 0.359. The third-order valence-corrected chi connectivity index (χ3v) is 2.52. The molecule has 0 fully saturated rings. The van der Waals surface area contributed by atoms with E-state index in [9.17, 15) is 0 Å². The van der Waals surface area contributed by atoms with Crippen molar-refractivity contribution < 1.29 is 4.52 Å². The molecule has 5 nitrogen and oxygen atoms in total. The normalized spacial score (nSPS) is 13.2. The fraction of sp³-hybridized carbons (Fsp3) is 0.500. The van der Waals surface area contributed by atoms with Crippen LogP contribution in [-0.2, 0) is 6.42 Å². The molecule has 0 aliphatic rings. The summed E-state index contributed by atoms with van der Waals surface area (Å²) in [5, 5.41) is 3.92. The van der Waals surface area contributed by atoms with Crippen molar-refractivity contribution in [2.75, 3.05) is 0 Å². The van der Waals surface area contributed by atoms with Crippen LogP contribution in [0.2, 0.25) is 0 Å². The fourth-order valence-corrected chi connectivity index (χ4v) is 1.83. The van der Waals surface area contributed by atoms with Gasteiger partial charge in [0.2, 0.25) is 11.7 Å². The van der Waals surface area contributed by atoms with Crippen LogP contribution in [0.4, 0.5) is 0 Å². The average molecular weight is 234 g/mol. The number of hydrogen-bond acceptors (Lipinski definition) is 4. The predicted molar refractivity (Wildman–Crippen MR) is 65.2 cm³/mol. The first-order valence-corrected chi connectivity index (χ1v) is 5.87. The molecule has 92 valence electrons. The molecule has 0 aromatic carbocycles. The molecule has 0 aliphatic carbocycles. The van der Waals surface area contributed by atoms with Crippen molar-refractivity contribution in [1.29, 1.82) is 0 Å². The fourth-order valence-electron chi connectivity index (χ4n) is 1.83. The summed E-state index contributed by atoms with van der Waals surface area (Å²) >= 11 is 0. The second-order valence-corrected chi connectivity index (χ2v) is 4.69. The lowest BCUT2D eigenvalue weighted by atomic mass is 10.0. The first kappa shape index (κ1) is 11.9. The van der Waals surface area contributed by atoms with Crippen molar-refractivity contribution in [3.8, 4) is 11.5 Å². The Balaban J connectivity index is 1.99. The van der Waals surface area contributed by atoms with E-state index < -0.39 is 0 Å². The number of nitrogens with two attached hydrogens (primary N) is 1. The maximum absolute atomic E-state index is 6.00. The number of aromatic amines is 1. The number of H-pyrrole nitrogens is 1. The van der Waals surface area contributed by atoms with Gasteiger partial charge in [-0.15, -0.1) is 0 Å². The molecule has 0 radical (unpaired) electrons. The van der Waals surface area contributed by atoms with E-state index in [0.29, 0.717) is 24.1 Å². The molecule has 0 spiro atoms. The Morgan fingerprint density at radius 1 is 1.47 bits per heavy atom. The Labute approximate surface area is 100 Å². The van der Waals surface area contributed by atoms with Crippen molar-refractivity contribution in [3.63, 3.8) is 0 Å². The quantitative estimate of drug-likeness (QED) is 0.828. The van der Waals surface area contributed by atoms with Gasteiger partial charge in [0.15, 0.2) is 0 Å². The zero-order valence-electron chi connectivity index (χ0n) is 10.2. The van der Waals surface area contributed by atoms with Crippen molar-refractivity contribution in [1.82, 2.24) is 15.1 Å². The van der Waals surface area contributed by atoms with Gasteiger partial charge < -0.3 is 15.2 Å². The topological polar surface area (TPSA) is 80.7 Å². The molecule has 3 N–H and O–H groups in total. The first-order chi connectivity index (χ1) is 8.15. The highest BCUT2D eigenvalue weighted by atomic mass is 16.5. The van der Waals surface area contributed by atoms with Gasteiger partial charge in [-0.3, -0.25) is 0 Å². The summed E-state index contributed by atoms with van der Waals surface area (Å²) in [6, 6.07) is 3.88. The molecule has 2 rings (SSSR count). The van der Waals surface area contributed by atoms with Crippen LogP contribution in [-0.4, -0.2) is 21.2 Å². The molecule has 0 saturated carbocycles. The van der Waals surface area contributed by atoms with Crippen LogP contribution >= 0.6 is 0 Å². The molecule has 0 bridgehead atoms. The Hall–Kier alpha value is -1.62. The summed E-state index contributed by atoms with van der Waals surface area (Å²) in [6.45, 7) is 4.30. The van der Waals surface area contributed by atoms with Crippen molar-refractivity contribution in [3.05, 3.63) is 24.2 Å². The summed E-state index contributed by atoms with van der Waals surface area (Å²) in [6.07, 6.45) is 3.42. The van der Waals surface area contributed by atoms with Gasteiger partial charge >= 0.3 is 0 Å². The number of nitrogens with one attached hydrogen (secondary N) is 1. The van der Waals surface area contributed by atoms with Gasteiger partial charge in [-0.05, 0) is 24.5 Å². The molecular weight excluding hydrogens is 216 g/mol. The second kappa shape index (κ2) is 5.14. The van der Waals surface area contributed by atoms with E-state index in [0.717, 1.165) is 12.1 Å². The number of hydrogen-bond donors (Lipinski definition) is 2. The minimum Gasteiger partial charge on any atom is -0.359 e. The highest BCUT2D eigenvalue weighted by Crippen LogP contribution is 2.14. The van der Waals surface area contributed by atoms with Gasteiger partial charge in [-0.2, -0.15) is 4.98 Å². The van der Waals surface area contributed by atoms with E-state index in [1.165, 1.54) is 0 Å². The Morgan fingerprint density at radius 2 is 2.29 bits per heavy atom. The molecule has 5 heteroatoms. The van der Waals surface area contributed by atoms with Gasteiger partial charge in [-0.1, -0.05) is 19.0 Å². The molecule has 0 aliphatic heterocycles. The monoisotopic (exact) mass is 234 g/mol. The SMILES string of the molecule is CC(C)CC(N)Cc1nc(-c2ccc[nH]2)no1. The van der Waals surface area contributed by atoms with E-state index in [4.69, 9.17) is 10.3 Å². The number of aromatic nitrogens is 3. The molecule has 1 atom stereocenters. The second-order valence-electron chi connectivity index (χ2n) is 4.69. The average Bonchev–Trinajstić information content (AvgIpc) is 2.84. The third-order valence-electron chi connectivity index (χ3n) is 2.52. The summed E-state index contributed by atoms with van der Waals surface area (Å²) in [5.41, 5.74) is 6.86. The third kappa shape index (κ3) is 3.17. The van der Waals surface area contributed by atoms with Gasteiger partial charge in [0.05, 0.1) is 5.69 Å². The Kier molecular flexibility index (Phi) is 3.58. The van der Waals surface area contributed by atoms with Crippen LogP contribution in [0.3, 0.4) is 0 Å². The number of nitrogens with zero attached hydrogens (tertiary/aromatic N) is 2. The molecule has 0 saturated heterocycles. The van der Waals surface area contributed by atoms with E-state index in [1.807, 2.05) is 18.3 Å². The minimum atomic E-state index is 0.0759. The van der Waals surface area contributed by atoms with Gasteiger partial charge in [0, 0.05) is 18.7 Å². The van der Waals surface area contributed by atoms with Crippen LogP contribution < -0.4 is 5.73 Å². The molecule has 17 heavy (non-hydrogen) atoms. The Morgan fingerprint density at radius 3 is 2.94 bits per heavy atom. The maximum atomic E-state index is 6.00. The minimum absolute atomic E-state index is 0.0759. The summed E-state index contributed by atoms with van der Waals surface area (Å²) < 4.78 is 5.18. The maximum Gasteiger partial charge on any atom is 0.228 e. The van der Waals surface area contributed by atoms with Gasteiger partial charge in [-0.25, -0.2) is 0 Å². The van der Waals surface area contributed by atoms with E-state index in [1.54, 1.807) is 0 Å². The summed E-state index contributed by atoms with van der Waals surface area (Å²) in [7, 11) is 0. The highest BCUT2D eigenvalue weighted by Gasteiger charge is 2.13. The van der Waals surface area contributed by atoms with Crippen LogP contribution in [0, 0.1) is 5.92 Å². The first-order valence-electron chi connectivity index (χ1n) is 5.87. The molecule has 1 unspecified atom stereocenters.